The Morgan fingerprint density at radius 2 is 1.60 bits per heavy atom. The summed E-state index contributed by atoms with van der Waals surface area (Å²) in [4.78, 5) is 4.55. The largest absolute Gasteiger partial charge is 0.395 e. The van der Waals surface area contributed by atoms with Gasteiger partial charge in [0.2, 0.25) is 0 Å². The predicted octanol–water partition coefficient (Wildman–Crippen LogP) is 1.42. The van der Waals surface area contributed by atoms with Crippen LogP contribution in [-0.2, 0) is 0 Å². The highest BCUT2D eigenvalue weighted by Crippen LogP contribution is 2.01. The molecule has 0 atom stereocenters. The second kappa shape index (κ2) is 10.4. The maximum Gasteiger partial charge on any atom is 0.0558 e. The van der Waals surface area contributed by atoms with Gasteiger partial charge in [0.25, 0.3) is 0 Å². The van der Waals surface area contributed by atoms with Crippen molar-refractivity contribution in [2.45, 2.75) is 32.6 Å². The fraction of sp³-hybridized carbons (Fsp3) is 1.00. The number of hydrogen-bond donors (Lipinski definition) is 1. The monoisotopic (exact) mass is 216 g/mol. The van der Waals surface area contributed by atoms with Crippen LogP contribution >= 0.6 is 0 Å². The first kappa shape index (κ1) is 14.9. The molecule has 0 spiro atoms. The molecule has 0 amide bonds. The topological polar surface area (TPSA) is 26.7 Å². The number of unbranched alkanes of at least 4 members (excludes halogenated alkanes) is 3. The Morgan fingerprint density at radius 1 is 0.867 bits per heavy atom. The molecule has 0 aromatic heterocycles. The van der Waals surface area contributed by atoms with Gasteiger partial charge in [0.15, 0.2) is 0 Å². The molecule has 0 unspecified atom stereocenters. The van der Waals surface area contributed by atoms with E-state index in [2.05, 4.69) is 30.8 Å². The Hall–Kier alpha value is -0.120. The van der Waals surface area contributed by atoms with Crippen molar-refractivity contribution in [3.05, 3.63) is 0 Å². The van der Waals surface area contributed by atoms with Gasteiger partial charge in [-0.1, -0.05) is 26.2 Å². The van der Waals surface area contributed by atoms with E-state index >= 15 is 0 Å². The highest BCUT2D eigenvalue weighted by atomic mass is 16.3. The van der Waals surface area contributed by atoms with Gasteiger partial charge in [-0.15, -0.1) is 0 Å². The highest BCUT2D eigenvalue weighted by molar-refractivity contribution is 4.59. The Bertz CT molecular complexity index is 129. The molecule has 0 heterocycles. The van der Waals surface area contributed by atoms with Crippen LogP contribution in [0, 0.1) is 0 Å². The van der Waals surface area contributed by atoms with E-state index in [0.29, 0.717) is 0 Å². The van der Waals surface area contributed by atoms with Crippen molar-refractivity contribution in [3.63, 3.8) is 0 Å². The molecule has 0 aliphatic carbocycles. The third kappa shape index (κ3) is 10.2. The maximum absolute atomic E-state index is 8.95. The van der Waals surface area contributed by atoms with Gasteiger partial charge in [-0.3, -0.25) is 4.90 Å². The average Bonchev–Trinajstić information content (AvgIpc) is 2.20. The molecule has 0 saturated carbocycles. The predicted molar refractivity (Wildman–Crippen MR) is 66.2 cm³/mol. The molecule has 92 valence electrons. The summed E-state index contributed by atoms with van der Waals surface area (Å²) >= 11 is 0. The van der Waals surface area contributed by atoms with Crippen molar-refractivity contribution < 1.29 is 5.11 Å². The number of hydrogen-bond acceptors (Lipinski definition) is 3. The Balaban J connectivity index is 3.53. The van der Waals surface area contributed by atoms with E-state index in [1.165, 1.54) is 25.7 Å². The van der Waals surface area contributed by atoms with E-state index in [1.807, 2.05) is 0 Å². The molecule has 0 aliphatic rings. The number of aliphatic hydroxyl groups excluding tert-OH is 1. The fourth-order valence-electron chi connectivity index (χ4n) is 1.58. The quantitative estimate of drug-likeness (QED) is 0.560. The fourth-order valence-corrected chi connectivity index (χ4v) is 1.58. The van der Waals surface area contributed by atoms with Crippen molar-refractivity contribution in [2.24, 2.45) is 0 Å². The molecule has 3 nitrogen and oxygen atoms in total. The van der Waals surface area contributed by atoms with Crippen molar-refractivity contribution in [3.8, 4) is 0 Å². The van der Waals surface area contributed by atoms with Crippen LogP contribution in [0.15, 0.2) is 0 Å². The minimum atomic E-state index is 0.279. The standard InChI is InChI=1S/C12H28N2O/c1-4-5-6-7-8-14(11-12-15)10-9-13(2)3/h15H,4-12H2,1-3H3. The minimum absolute atomic E-state index is 0.279. The van der Waals surface area contributed by atoms with Crippen LogP contribution in [0.1, 0.15) is 32.6 Å². The van der Waals surface area contributed by atoms with Gasteiger partial charge < -0.3 is 10.0 Å². The molecule has 0 bridgehead atoms. The van der Waals surface area contributed by atoms with E-state index in [1.54, 1.807) is 0 Å². The van der Waals surface area contributed by atoms with E-state index in [-0.39, 0.29) is 6.61 Å². The first-order valence-corrected chi connectivity index (χ1v) is 6.18. The van der Waals surface area contributed by atoms with Crippen LogP contribution in [0.25, 0.3) is 0 Å². The normalized spacial score (nSPS) is 11.6. The van der Waals surface area contributed by atoms with Crippen LogP contribution in [0.4, 0.5) is 0 Å². The van der Waals surface area contributed by atoms with Crippen LogP contribution in [0.3, 0.4) is 0 Å². The van der Waals surface area contributed by atoms with Crippen molar-refractivity contribution in [1.29, 1.82) is 0 Å². The molecule has 0 radical (unpaired) electrons. The molecule has 1 N–H and O–H groups in total. The lowest BCUT2D eigenvalue weighted by atomic mass is 10.2. The van der Waals surface area contributed by atoms with Gasteiger partial charge in [-0.2, -0.15) is 0 Å². The molecular formula is C12H28N2O. The van der Waals surface area contributed by atoms with E-state index in [0.717, 1.165) is 26.2 Å². The van der Waals surface area contributed by atoms with Crippen molar-refractivity contribution >= 4 is 0 Å². The minimum Gasteiger partial charge on any atom is -0.395 e. The molecule has 0 rings (SSSR count). The summed E-state index contributed by atoms with van der Waals surface area (Å²) < 4.78 is 0. The van der Waals surface area contributed by atoms with Crippen LogP contribution in [0.5, 0.6) is 0 Å². The summed E-state index contributed by atoms with van der Waals surface area (Å²) in [7, 11) is 4.18. The summed E-state index contributed by atoms with van der Waals surface area (Å²) in [6.45, 7) is 6.61. The summed E-state index contributed by atoms with van der Waals surface area (Å²) in [6.07, 6.45) is 5.21. The Labute approximate surface area is 95.1 Å². The third-order valence-electron chi connectivity index (χ3n) is 2.61. The lowest BCUT2D eigenvalue weighted by Crippen LogP contribution is -2.34. The van der Waals surface area contributed by atoms with E-state index < -0.39 is 0 Å². The molecule has 0 fully saturated rings. The lowest BCUT2D eigenvalue weighted by Gasteiger charge is -2.23. The number of nitrogens with zero attached hydrogens (tertiary/aromatic N) is 2. The summed E-state index contributed by atoms with van der Waals surface area (Å²) in [5.74, 6) is 0. The molecular weight excluding hydrogens is 188 g/mol. The highest BCUT2D eigenvalue weighted by Gasteiger charge is 2.03. The van der Waals surface area contributed by atoms with Gasteiger partial charge in [-0.05, 0) is 27.1 Å². The van der Waals surface area contributed by atoms with Gasteiger partial charge in [0, 0.05) is 19.6 Å². The van der Waals surface area contributed by atoms with E-state index in [9.17, 15) is 0 Å². The van der Waals surface area contributed by atoms with Gasteiger partial charge >= 0.3 is 0 Å². The van der Waals surface area contributed by atoms with Crippen LogP contribution in [0.2, 0.25) is 0 Å². The van der Waals surface area contributed by atoms with Crippen molar-refractivity contribution in [2.75, 3.05) is 46.9 Å². The molecule has 0 saturated heterocycles. The molecule has 0 aromatic carbocycles. The van der Waals surface area contributed by atoms with Crippen LogP contribution < -0.4 is 0 Å². The zero-order valence-corrected chi connectivity index (χ0v) is 10.7. The molecule has 0 aromatic rings. The van der Waals surface area contributed by atoms with Crippen LogP contribution in [-0.4, -0.2) is 61.8 Å². The molecule has 15 heavy (non-hydrogen) atoms. The zero-order chi connectivity index (χ0) is 11.5. The summed E-state index contributed by atoms with van der Waals surface area (Å²) in [5, 5.41) is 8.95. The first-order chi connectivity index (χ1) is 7.20. The number of rotatable bonds is 10. The summed E-state index contributed by atoms with van der Waals surface area (Å²) in [5.41, 5.74) is 0. The SMILES string of the molecule is CCCCCCN(CCO)CCN(C)C. The smallest absolute Gasteiger partial charge is 0.0558 e. The first-order valence-electron chi connectivity index (χ1n) is 6.18. The Morgan fingerprint density at radius 3 is 2.13 bits per heavy atom. The number of aliphatic hydroxyl groups is 1. The zero-order valence-electron chi connectivity index (χ0n) is 10.7. The maximum atomic E-state index is 8.95. The summed E-state index contributed by atoms with van der Waals surface area (Å²) in [6, 6.07) is 0. The molecule has 0 aliphatic heterocycles. The second-order valence-electron chi connectivity index (χ2n) is 4.43. The van der Waals surface area contributed by atoms with Gasteiger partial charge in [-0.25, -0.2) is 0 Å². The number of likely N-dealkylation sites (N-methyl/N-ethyl adjacent to an activating group) is 1. The molecule has 3 heteroatoms. The van der Waals surface area contributed by atoms with Gasteiger partial charge in [0.05, 0.1) is 6.61 Å². The average molecular weight is 216 g/mol. The third-order valence-corrected chi connectivity index (χ3v) is 2.61. The van der Waals surface area contributed by atoms with E-state index in [4.69, 9.17) is 5.11 Å². The lowest BCUT2D eigenvalue weighted by molar-refractivity contribution is 0.181. The van der Waals surface area contributed by atoms with Gasteiger partial charge in [0.1, 0.15) is 0 Å². The second-order valence-corrected chi connectivity index (χ2v) is 4.43. The van der Waals surface area contributed by atoms with Crippen molar-refractivity contribution in [1.82, 2.24) is 9.80 Å². The Kier molecular flexibility index (Phi) is 10.3.